The number of nitriles is 1. The molecular weight excluding hydrogens is 248 g/mol. The van der Waals surface area contributed by atoms with Gasteiger partial charge in [0, 0.05) is 24.3 Å². The number of nitrogens with zero attached hydrogens (tertiary/aromatic N) is 4. The molecule has 1 fully saturated rings. The van der Waals surface area contributed by atoms with E-state index in [1.54, 1.807) is 10.9 Å². The molecular formula is C16H14N4. The lowest BCUT2D eigenvalue weighted by molar-refractivity contribution is 0.620. The van der Waals surface area contributed by atoms with Crippen molar-refractivity contribution in [3.63, 3.8) is 0 Å². The number of aromatic nitrogens is 3. The first-order chi connectivity index (χ1) is 9.88. The van der Waals surface area contributed by atoms with Gasteiger partial charge in [0.15, 0.2) is 5.82 Å². The first kappa shape index (κ1) is 11.3. The molecule has 1 aliphatic carbocycles. The molecule has 2 aromatic heterocycles. The largest absolute Gasteiger partial charge is 0.324 e. The quantitative estimate of drug-likeness (QED) is 0.728. The zero-order valence-corrected chi connectivity index (χ0v) is 11.0. The monoisotopic (exact) mass is 262 g/mol. The van der Waals surface area contributed by atoms with E-state index in [0.29, 0.717) is 5.56 Å². The van der Waals surface area contributed by atoms with Gasteiger partial charge in [0.05, 0.1) is 5.52 Å². The molecule has 0 atom stereocenters. The van der Waals surface area contributed by atoms with Gasteiger partial charge in [0.2, 0.25) is 0 Å². The summed E-state index contributed by atoms with van der Waals surface area (Å²) in [7, 11) is 0. The molecule has 2 heterocycles. The number of fused-ring (bicyclic) bond motifs is 1. The molecule has 4 heteroatoms. The average molecular weight is 262 g/mol. The maximum absolute atomic E-state index is 9.57. The third-order valence-electron chi connectivity index (χ3n) is 3.91. The number of rotatable bonds is 3. The molecule has 0 saturated heterocycles. The third kappa shape index (κ3) is 1.64. The Hall–Kier alpha value is -2.54. The normalized spacial score (nSPS) is 14.6. The fourth-order valence-electron chi connectivity index (χ4n) is 2.78. The zero-order chi connectivity index (χ0) is 13.5. The first-order valence-corrected chi connectivity index (χ1v) is 6.90. The molecule has 1 aromatic carbocycles. The van der Waals surface area contributed by atoms with Crippen molar-refractivity contribution in [3.8, 4) is 11.9 Å². The molecule has 0 bridgehead atoms. The van der Waals surface area contributed by atoms with Crippen LogP contribution in [-0.2, 0) is 6.54 Å². The topological polar surface area (TPSA) is 46.5 Å². The highest BCUT2D eigenvalue weighted by Crippen LogP contribution is 2.35. The smallest absolute Gasteiger partial charge is 0.153 e. The Bertz CT molecular complexity index is 801. The van der Waals surface area contributed by atoms with Crippen LogP contribution in [0.1, 0.15) is 18.4 Å². The van der Waals surface area contributed by atoms with Crippen molar-refractivity contribution in [2.45, 2.75) is 19.4 Å². The lowest BCUT2D eigenvalue weighted by Crippen LogP contribution is -2.08. The predicted octanol–water partition coefficient (Wildman–Crippen LogP) is 3.11. The lowest BCUT2D eigenvalue weighted by Gasteiger charge is -2.10. The Labute approximate surface area is 116 Å². The van der Waals surface area contributed by atoms with Gasteiger partial charge in [-0.15, -0.1) is 0 Å². The summed E-state index contributed by atoms with van der Waals surface area (Å²) >= 11 is 0. The van der Waals surface area contributed by atoms with Crippen LogP contribution in [0.15, 0.2) is 42.7 Å². The molecule has 98 valence electrons. The van der Waals surface area contributed by atoms with Gasteiger partial charge in [-0.25, -0.2) is 4.68 Å². The van der Waals surface area contributed by atoms with Crippen LogP contribution in [0.25, 0.3) is 16.7 Å². The van der Waals surface area contributed by atoms with E-state index in [0.717, 1.165) is 29.2 Å². The predicted molar refractivity (Wildman–Crippen MR) is 76.5 cm³/mol. The van der Waals surface area contributed by atoms with Crippen molar-refractivity contribution in [2.75, 3.05) is 0 Å². The second-order valence-corrected chi connectivity index (χ2v) is 5.33. The number of para-hydroxylation sites is 1. The van der Waals surface area contributed by atoms with Crippen molar-refractivity contribution < 1.29 is 0 Å². The first-order valence-electron chi connectivity index (χ1n) is 6.90. The van der Waals surface area contributed by atoms with E-state index >= 15 is 0 Å². The molecule has 1 aliphatic rings. The Balaban J connectivity index is 2.05. The number of hydrogen-bond donors (Lipinski definition) is 0. The third-order valence-corrected chi connectivity index (χ3v) is 3.91. The van der Waals surface area contributed by atoms with Crippen LogP contribution in [0.2, 0.25) is 0 Å². The summed E-state index contributed by atoms with van der Waals surface area (Å²) in [5, 5.41) is 14.9. The van der Waals surface area contributed by atoms with Crippen molar-refractivity contribution in [2.24, 2.45) is 5.92 Å². The van der Waals surface area contributed by atoms with Gasteiger partial charge in [0.25, 0.3) is 0 Å². The van der Waals surface area contributed by atoms with E-state index in [9.17, 15) is 5.26 Å². The second kappa shape index (κ2) is 4.24. The molecule has 0 amide bonds. The molecule has 3 aromatic rings. The fraction of sp³-hybridized carbons (Fsp3) is 0.250. The minimum atomic E-state index is 0.713. The van der Waals surface area contributed by atoms with Gasteiger partial charge < -0.3 is 4.57 Å². The molecule has 0 aliphatic heterocycles. The van der Waals surface area contributed by atoms with E-state index in [4.69, 9.17) is 0 Å². The Kier molecular flexibility index (Phi) is 2.40. The number of benzene rings is 1. The highest BCUT2D eigenvalue weighted by molar-refractivity contribution is 5.90. The minimum absolute atomic E-state index is 0.713. The second-order valence-electron chi connectivity index (χ2n) is 5.33. The Morgan fingerprint density at radius 3 is 2.80 bits per heavy atom. The molecule has 1 saturated carbocycles. The van der Waals surface area contributed by atoms with Crippen LogP contribution < -0.4 is 0 Å². The summed E-state index contributed by atoms with van der Waals surface area (Å²) in [4.78, 5) is 0. The summed E-state index contributed by atoms with van der Waals surface area (Å²) < 4.78 is 4.06. The maximum Gasteiger partial charge on any atom is 0.153 e. The van der Waals surface area contributed by atoms with Crippen molar-refractivity contribution >= 4 is 10.9 Å². The fourth-order valence-corrected chi connectivity index (χ4v) is 2.78. The van der Waals surface area contributed by atoms with E-state index in [-0.39, 0.29) is 0 Å². The molecule has 4 nitrogen and oxygen atoms in total. The average Bonchev–Trinajstić information content (AvgIpc) is 3.02. The summed E-state index contributed by atoms with van der Waals surface area (Å²) in [6, 6.07) is 12.4. The minimum Gasteiger partial charge on any atom is -0.324 e. The van der Waals surface area contributed by atoms with Crippen LogP contribution >= 0.6 is 0 Å². The standard InChI is InChI=1S/C16H14N4/c17-10-14-13-4-1-2-5-15(13)19(11-12-6-7-12)16(14)20-9-3-8-18-20/h1-5,8-9,12H,6-7,11H2. The van der Waals surface area contributed by atoms with Crippen molar-refractivity contribution in [1.29, 1.82) is 5.26 Å². The molecule has 4 rings (SSSR count). The van der Waals surface area contributed by atoms with Crippen LogP contribution in [-0.4, -0.2) is 14.3 Å². The highest BCUT2D eigenvalue weighted by Gasteiger charge is 2.26. The maximum atomic E-state index is 9.57. The van der Waals surface area contributed by atoms with E-state index in [1.165, 1.54) is 12.8 Å². The summed E-state index contributed by atoms with van der Waals surface area (Å²) in [5.74, 6) is 1.64. The van der Waals surface area contributed by atoms with E-state index in [1.807, 2.05) is 30.5 Å². The Morgan fingerprint density at radius 1 is 1.25 bits per heavy atom. The molecule has 0 unspecified atom stereocenters. The molecule has 0 N–H and O–H groups in total. The van der Waals surface area contributed by atoms with Crippen LogP contribution in [0.3, 0.4) is 0 Å². The van der Waals surface area contributed by atoms with Crippen LogP contribution in [0.4, 0.5) is 0 Å². The van der Waals surface area contributed by atoms with Crippen LogP contribution in [0.5, 0.6) is 0 Å². The van der Waals surface area contributed by atoms with Crippen molar-refractivity contribution in [3.05, 3.63) is 48.3 Å². The zero-order valence-electron chi connectivity index (χ0n) is 11.0. The van der Waals surface area contributed by atoms with Gasteiger partial charge in [-0.05, 0) is 30.9 Å². The van der Waals surface area contributed by atoms with Crippen LogP contribution in [0, 0.1) is 17.2 Å². The lowest BCUT2D eigenvalue weighted by atomic mass is 10.2. The Morgan fingerprint density at radius 2 is 2.10 bits per heavy atom. The van der Waals surface area contributed by atoms with Crippen molar-refractivity contribution in [1.82, 2.24) is 14.3 Å². The van der Waals surface area contributed by atoms with Gasteiger partial charge in [-0.2, -0.15) is 10.4 Å². The number of hydrogen-bond acceptors (Lipinski definition) is 2. The highest BCUT2D eigenvalue weighted by atomic mass is 15.3. The molecule has 0 spiro atoms. The SMILES string of the molecule is N#Cc1c(-n2cccn2)n(CC2CC2)c2ccccc12. The summed E-state index contributed by atoms with van der Waals surface area (Å²) in [6.07, 6.45) is 6.22. The molecule has 20 heavy (non-hydrogen) atoms. The van der Waals surface area contributed by atoms with Gasteiger partial charge in [-0.3, -0.25) is 0 Å². The molecule has 0 radical (unpaired) electrons. The van der Waals surface area contributed by atoms with E-state index < -0.39 is 0 Å². The van der Waals surface area contributed by atoms with Gasteiger partial charge in [0.1, 0.15) is 11.6 Å². The summed E-state index contributed by atoms with van der Waals surface area (Å²) in [6.45, 7) is 0.970. The summed E-state index contributed by atoms with van der Waals surface area (Å²) in [5.41, 5.74) is 1.84. The van der Waals surface area contributed by atoms with E-state index in [2.05, 4.69) is 21.8 Å². The van der Waals surface area contributed by atoms with Gasteiger partial charge >= 0.3 is 0 Å². The van der Waals surface area contributed by atoms with Gasteiger partial charge in [-0.1, -0.05) is 18.2 Å².